The van der Waals surface area contributed by atoms with E-state index in [1.165, 1.54) is 0 Å². The van der Waals surface area contributed by atoms with Gasteiger partial charge in [0.2, 0.25) is 0 Å². The van der Waals surface area contributed by atoms with Crippen LogP contribution >= 0.6 is 11.6 Å². The van der Waals surface area contributed by atoms with Crippen LogP contribution in [0.1, 0.15) is 22.5 Å². The summed E-state index contributed by atoms with van der Waals surface area (Å²) >= 11 is 6.34. The van der Waals surface area contributed by atoms with E-state index in [1.807, 2.05) is 26.1 Å². The van der Waals surface area contributed by atoms with Gasteiger partial charge >= 0.3 is 0 Å². The summed E-state index contributed by atoms with van der Waals surface area (Å²) in [6.07, 6.45) is 4.11. The second-order valence-electron chi connectivity index (χ2n) is 6.51. The highest BCUT2D eigenvalue weighted by molar-refractivity contribution is 6.30. The normalized spacial score (nSPS) is 14.4. The largest absolute Gasteiger partial charge is 0.306 e. The van der Waals surface area contributed by atoms with Crippen molar-refractivity contribution >= 4 is 11.6 Å². The highest BCUT2D eigenvalue weighted by Gasteiger charge is 2.23. The van der Waals surface area contributed by atoms with Crippen molar-refractivity contribution in [3.63, 3.8) is 0 Å². The number of fused-ring (bicyclic) bond motifs is 1. The maximum atomic E-state index is 12.6. The van der Waals surface area contributed by atoms with Gasteiger partial charge in [0.15, 0.2) is 0 Å². The third-order valence-corrected chi connectivity index (χ3v) is 5.23. The summed E-state index contributed by atoms with van der Waals surface area (Å²) in [4.78, 5) is 26.4. The Kier molecular flexibility index (Phi) is 4.34. The Balaban J connectivity index is 1.60. The molecule has 0 aliphatic carbocycles. The average Bonchev–Trinajstić information content (AvgIpc) is 2.89. The molecule has 0 aromatic carbocycles. The van der Waals surface area contributed by atoms with Crippen LogP contribution in [0.3, 0.4) is 0 Å². The van der Waals surface area contributed by atoms with Crippen LogP contribution in [0.4, 0.5) is 0 Å². The summed E-state index contributed by atoms with van der Waals surface area (Å²) in [6, 6.07) is 3.68. The van der Waals surface area contributed by atoms with E-state index in [0.29, 0.717) is 24.1 Å². The molecule has 134 valence electrons. The third kappa shape index (κ3) is 3.04. The first-order valence-electron chi connectivity index (χ1n) is 8.45. The lowest BCUT2D eigenvalue weighted by atomic mass is 10.1. The zero-order valence-corrected chi connectivity index (χ0v) is 15.4. The molecule has 8 heteroatoms. The molecule has 0 spiro atoms. The van der Waals surface area contributed by atoms with E-state index in [2.05, 4.69) is 25.0 Å². The van der Waals surface area contributed by atoms with Gasteiger partial charge in [-0.15, -0.1) is 0 Å². The lowest BCUT2D eigenvalue weighted by Crippen LogP contribution is -2.35. The Hall–Kier alpha value is -2.51. The minimum atomic E-state index is -0.0829. The van der Waals surface area contributed by atoms with Gasteiger partial charge in [-0.2, -0.15) is 5.10 Å². The van der Waals surface area contributed by atoms with Gasteiger partial charge in [0.05, 0.1) is 17.0 Å². The Labute approximate surface area is 155 Å². The van der Waals surface area contributed by atoms with Crippen LogP contribution in [0.5, 0.6) is 0 Å². The van der Waals surface area contributed by atoms with Gasteiger partial charge < -0.3 is 4.98 Å². The van der Waals surface area contributed by atoms with E-state index in [0.717, 1.165) is 41.0 Å². The third-order valence-electron chi connectivity index (χ3n) is 4.75. The molecule has 4 heterocycles. The molecule has 1 aliphatic rings. The summed E-state index contributed by atoms with van der Waals surface area (Å²) in [5.74, 6) is 0.593. The van der Waals surface area contributed by atoms with E-state index < -0.39 is 0 Å². The summed E-state index contributed by atoms with van der Waals surface area (Å²) in [7, 11) is 1.83. The maximum Gasteiger partial charge on any atom is 0.255 e. The number of pyridine rings is 1. The first-order valence-corrected chi connectivity index (χ1v) is 8.83. The zero-order chi connectivity index (χ0) is 18.3. The Morgan fingerprint density at radius 1 is 1.31 bits per heavy atom. The van der Waals surface area contributed by atoms with Gasteiger partial charge in [-0.25, -0.2) is 4.98 Å². The van der Waals surface area contributed by atoms with Crippen LogP contribution in [-0.4, -0.2) is 36.2 Å². The van der Waals surface area contributed by atoms with Crippen molar-refractivity contribution in [2.24, 2.45) is 7.05 Å². The maximum absolute atomic E-state index is 12.6. The number of aromatic nitrogens is 5. The van der Waals surface area contributed by atoms with E-state index in [9.17, 15) is 4.79 Å². The molecule has 0 atom stereocenters. The molecule has 0 bridgehead atoms. The van der Waals surface area contributed by atoms with Crippen LogP contribution in [0, 0.1) is 6.92 Å². The van der Waals surface area contributed by atoms with E-state index in [1.54, 1.807) is 17.1 Å². The molecule has 26 heavy (non-hydrogen) atoms. The smallest absolute Gasteiger partial charge is 0.255 e. The standard InChI is InChI=1S/C18H19ClN6O/c1-11-13(16(19)24(2)23-11)9-25-8-5-15-14(10-25)18(26)22-17(21-15)12-3-6-20-7-4-12/h3-4,6-7H,5,8-10H2,1-2H3,(H,21,22,26). The molecule has 7 nitrogen and oxygen atoms in total. The second-order valence-corrected chi connectivity index (χ2v) is 6.87. The van der Waals surface area contributed by atoms with Crippen molar-refractivity contribution in [3.8, 4) is 11.4 Å². The molecule has 1 aliphatic heterocycles. The Morgan fingerprint density at radius 3 is 2.77 bits per heavy atom. The number of nitrogens with zero attached hydrogens (tertiary/aromatic N) is 5. The number of H-pyrrole nitrogens is 1. The Bertz CT molecular complexity index is 1010. The average molecular weight is 371 g/mol. The van der Waals surface area contributed by atoms with Gasteiger partial charge in [-0.3, -0.25) is 19.4 Å². The van der Waals surface area contributed by atoms with Crippen LogP contribution in [0.15, 0.2) is 29.3 Å². The molecule has 4 rings (SSSR count). The lowest BCUT2D eigenvalue weighted by Gasteiger charge is -2.27. The first-order chi connectivity index (χ1) is 12.5. The molecular weight excluding hydrogens is 352 g/mol. The molecule has 1 N–H and O–H groups in total. The fourth-order valence-electron chi connectivity index (χ4n) is 3.34. The number of aromatic amines is 1. The van der Waals surface area contributed by atoms with E-state index in [-0.39, 0.29) is 5.56 Å². The number of hydrogen-bond acceptors (Lipinski definition) is 5. The molecule has 0 fully saturated rings. The molecule has 0 amide bonds. The van der Waals surface area contributed by atoms with Crippen LogP contribution in [0.2, 0.25) is 5.15 Å². The van der Waals surface area contributed by atoms with Crippen LogP contribution in [0.25, 0.3) is 11.4 Å². The van der Waals surface area contributed by atoms with E-state index in [4.69, 9.17) is 11.6 Å². The number of halogens is 1. The summed E-state index contributed by atoms with van der Waals surface area (Å²) in [5, 5.41) is 5.00. The van der Waals surface area contributed by atoms with Gasteiger partial charge in [0.1, 0.15) is 11.0 Å². The minimum Gasteiger partial charge on any atom is -0.306 e. The van der Waals surface area contributed by atoms with Crippen molar-refractivity contribution in [1.82, 2.24) is 29.6 Å². The summed E-state index contributed by atoms with van der Waals surface area (Å²) in [5.41, 5.74) is 4.30. The summed E-state index contributed by atoms with van der Waals surface area (Å²) < 4.78 is 1.68. The molecule has 0 unspecified atom stereocenters. The summed E-state index contributed by atoms with van der Waals surface area (Å²) in [6.45, 7) is 4.00. The second kappa shape index (κ2) is 6.66. The van der Waals surface area contributed by atoms with Crippen molar-refractivity contribution in [2.75, 3.05) is 6.54 Å². The van der Waals surface area contributed by atoms with Gasteiger partial charge in [0, 0.05) is 56.6 Å². The van der Waals surface area contributed by atoms with Crippen molar-refractivity contribution in [1.29, 1.82) is 0 Å². The van der Waals surface area contributed by atoms with Gasteiger partial charge in [0.25, 0.3) is 5.56 Å². The Morgan fingerprint density at radius 2 is 2.08 bits per heavy atom. The monoisotopic (exact) mass is 370 g/mol. The van der Waals surface area contributed by atoms with Crippen molar-refractivity contribution in [2.45, 2.75) is 26.4 Å². The van der Waals surface area contributed by atoms with Crippen LogP contribution in [-0.2, 0) is 26.6 Å². The fraction of sp³-hybridized carbons (Fsp3) is 0.333. The lowest BCUT2D eigenvalue weighted by molar-refractivity contribution is 0.241. The van der Waals surface area contributed by atoms with E-state index >= 15 is 0 Å². The predicted octanol–water partition coefficient (Wildman–Crippen LogP) is 2.09. The topological polar surface area (TPSA) is 79.7 Å². The van der Waals surface area contributed by atoms with Crippen molar-refractivity contribution < 1.29 is 0 Å². The highest BCUT2D eigenvalue weighted by atomic mass is 35.5. The molecule has 0 saturated heterocycles. The molecule has 0 saturated carbocycles. The molecule has 3 aromatic rings. The SMILES string of the molecule is Cc1nn(C)c(Cl)c1CN1CCc2nc(-c3ccncc3)[nH]c(=O)c2C1. The van der Waals surface area contributed by atoms with Gasteiger partial charge in [-0.05, 0) is 19.1 Å². The fourth-order valence-corrected chi connectivity index (χ4v) is 3.57. The highest BCUT2D eigenvalue weighted by Crippen LogP contribution is 2.24. The quantitative estimate of drug-likeness (QED) is 0.763. The molecule has 0 radical (unpaired) electrons. The van der Waals surface area contributed by atoms with Crippen molar-refractivity contribution in [3.05, 3.63) is 62.5 Å². The number of aryl methyl sites for hydroxylation is 2. The molecular formula is C18H19ClN6O. The predicted molar refractivity (Wildman–Crippen MR) is 98.9 cm³/mol. The number of hydrogen-bond donors (Lipinski definition) is 1. The molecule has 3 aromatic heterocycles. The van der Waals surface area contributed by atoms with Crippen LogP contribution < -0.4 is 5.56 Å². The number of nitrogens with one attached hydrogen (secondary N) is 1. The number of rotatable bonds is 3. The zero-order valence-electron chi connectivity index (χ0n) is 14.7. The first kappa shape index (κ1) is 16.9. The minimum absolute atomic E-state index is 0.0829. The van der Waals surface area contributed by atoms with Gasteiger partial charge in [-0.1, -0.05) is 11.6 Å².